The zero-order valence-electron chi connectivity index (χ0n) is 22.0. The fraction of sp³-hybridized carbons (Fsp3) is 0.286. The van der Waals surface area contributed by atoms with Crippen molar-refractivity contribution in [3.8, 4) is 22.1 Å². The van der Waals surface area contributed by atoms with Gasteiger partial charge in [0, 0.05) is 24.0 Å². The number of alkyl halides is 3. The molecule has 2 aromatic heterocycles. The van der Waals surface area contributed by atoms with E-state index in [1.54, 1.807) is 47.6 Å². The fourth-order valence-corrected chi connectivity index (χ4v) is 6.22. The molecule has 0 aliphatic carbocycles. The molecule has 0 saturated carbocycles. The molecule has 0 radical (unpaired) electrons. The predicted molar refractivity (Wildman–Crippen MR) is 161 cm³/mol. The van der Waals surface area contributed by atoms with E-state index in [9.17, 15) is 13.2 Å². The summed E-state index contributed by atoms with van der Waals surface area (Å²) < 4.78 is 50.6. The van der Waals surface area contributed by atoms with Crippen molar-refractivity contribution in [1.82, 2.24) is 20.5 Å². The first kappa shape index (κ1) is 29.4. The zero-order chi connectivity index (χ0) is 29.0. The first-order valence-corrected chi connectivity index (χ1v) is 14.7. The molecule has 41 heavy (non-hydrogen) atoms. The van der Waals surface area contributed by atoms with Crippen LogP contribution >= 0.6 is 32.2 Å². The number of para-hydroxylation sites is 1. The maximum absolute atomic E-state index is 14.9. The number of thiazole rings is 1. The topological polar surface area (TPSA) is 75.5 Å². The summed E-state index contributed by atoms with van der Waals surface area (Å²) in [6.45, 7) is 1.61. The Morgan fingerprint density at radius 2 is 2.02 bits per heavy atom. The van der Waals surface area contributed by atoms with Crippen LogP contribution in [0.4, 0.5) is 24.5 Å². The Kier molecular flexibility index (Phi) is 9.19. The molecular weight excluding hydrogens is 592 g/mol. The summed E-state index contributed by atoms with van der Waals surface area (Å²) in [6, 6.07) is 11.1. The summed E-state index contributed by atoms with van der Waals surface area (Å²) in [4.78, 5) is 11.1. The molecule has 1 aliphatic rings. The van der Waals surface area contributed by atoms with E-state index < -0.39 is 11.7 Å². The van der Waals surface area contributed by atoms with E-state index in [2.05, 4.69) is 34.7 Å². The summed E-state index contributed by atoms with van der Waals surface area (Å²) in [6.07, 6.45) is 0.129. The Balaban J connectivity index is 1.62. The van der Waals surface area contributed by atoms with Crippen molar-refractivity contribution >= 4 is 49.0 Å². The van der Waals surface area contributed by atoms with E-state index >= 15 is 0 Å². The lowest BCUT2D eigenvalue weighted by Gasteiger charge is -2.37. The molecule has 1 N–H and O–H groups in total. The lowest BCUT2D eigenvalue weighted by atomic mass is 9.96. The molecule has 0 spiro atoms. The van der Waals surface area contributed by atoms with Crippen molar-refractivity contribution in [1.29, 1.82) is 0 Å². The number of aliphatic imine (C=N–C) groups is 1. The maximum Gasteiger partial charge on any atom is 0.422 e. The highest BCUT2D eigenvalue weighted by molar-refractivity contribution is 7.42. The van der Waals surface area contributed by atoms with E-state index in [-0.39, 0.29) is 33.8 Å². The van der Waals surface area contributed by atoms with Crippen molar-refractivity contribution < 1.29 is 17.9 Å². The van der Waals surface area contributed by atoms with E-state index in [1.165, 1.54) is 23.5 Å². The van der Waals surface area contributed by atoms with Gasteiger partial charge in [0.05, 0.1) is 34.2 Å². The molecule has 0 bridgehead atoms. The third kappa shape index (κ3) is 6.86. The standard InChI is InChI=1S/C28H27ClF3N6OPS/c1-33-13-17-5-4-12-38(15-17)25-20(36-26(40)21-16-41-27(37-21)18-10-11-34-35-14-18)8-9-23(24(25)28(30,31)32)39-22-7-3-2-6-19(22)29/h2-3,6-11,14,16-17,33H,4-5,12-13,15,40H2,1H3/t17-/m0/s1. The molecule has 214 valence electrons. The first-order valence-electron chi connectivity index (χ1n) is 12.9. The highest BCUT2D eigenvalue weighted by Gasteiger charge is 2.41. The van der Waals surface area contributed by atoms with Gasteiger partial charge in [-0.15, -0.1) is 11.3 Å². The molecule has 3 heterocycles. The molecule has 13 heteroatoms. The Hall–Kier alpha value is -3.11. The highest BCUT2D eigenvalue weighted by Crippen LogP contribution is 2.50. The minimum absolute atomic E-state index is 0.0170. The monoisotopic (exact) mass is 618 g/mol. The molecule has 2 atom stereocenters. The van der Waals surface area contributed by atoms with Crippen molar-refractivity contribution in [3.05, 3.63) is 76.5 Å². The Labute approximate surface area is 247 Å². The molecule has 1 unspecified atom stereocenters. The van der Waals surface area contributed by atoms with E-state index in [0.29, 0.717) is 35.8 Å². The average molecular weight is 619 g/mol. The Morgan fingerprint density at radius 3 is 2.76 bits per heavy atom. The van der Waals surface area contributed by atoms with Gasteiger partial charge in [0.1, 0.15) is 27.8 Å². The number of ether oxygens (including phenoxy) is 1. The second-order valence-electron chi connectivity index (χ2n) is 9.51. The number of benzene rings is 2. The number of nitrogens with one attached hydrogen (secondary N) is 1. The van der Waals surface area contributed by atoms with Crippen LogP contribution in [-0.2, 0) is 6.18 Å². The van der Waals surface area contributed by atoms with Crippen LogP contribution in [0.1, 0.15) is 24.1 Å². The minimum Gasteiger partial charge on any atom is -0.455 e. The van der Waals surface area contributed by atoms with Crippen molar-refractivity contribution in [2.24, 2.45) is 10.9 Å². The molecule has 5 rings (SSSR count). The smallest absolute Gasteiger partial charge is 0.422 e. The van der Waals surface area contributed by atoms with Gasteiger partial charge in [0.15, 0.2) is 0 Å². The number of nitrogens with zero attached hydrogens (tertiary/aromatic N) is 5. The third-order valence-electron chi connectivity index (χ3n) is 6.63. The summed E-state index contributed by atoms with van der Waals surface area (Å²) in [7, 11) is 4.36. The van der Waals surface area contributed by atoms with Gasteiger partial charge in [-0.2, -0.15) is 23.4 Å². The number of anilines is 1. The zero-order valence-corrected chi connectivity index (χ0v) is 24.8. The number of hydrogen-bond acceptors (Lipinski definition) is 8. The number of halogens is 4. The first-order chi connectivity index (χ1) is 19.7. The molecular formula is C28H27ClF3N6OPS. The number of hydrogen-bond donors (Lipinski definition) is 1. The van der Waals surface area contributed by atoms with Gasteiger partial charge in [-0.3, -0.25) is 0 Å². The summed E-state index contributed by atoms with van der Waals surface area (Å²) >= 11 is 7.62. The predicted octanol–water partition coefficient (Wildman–Crippen LogP) is 7.45. The van der Waals surface area contributed by atoms with Crippen LogP contribution in [0, 0.1) is 5.92 Å². The van der Waals surface area contributed by atoms with Crippen LogP contribution in [0.3, 0.4) is 0 Å². The van der Waals surface area contributed by atoms with Crippen LogP contribution in [0.2, 0.25) is 5.02 Å². The normalized spacial score (nSPS) is 16.2. The van der Waals surface area contributed by atoms with Gasteiger partial charge < -0.3 is 15.0 Å². The molecule has 1 saturated heterocycles. The van der Waals surface area contributed by atoms with Gasteiger partial charge in [-0.05, 0) is 62.7 Å². The molecule has 7 nitrogen and oxygen atoms in total. The van der Waals surface area contributed by atoms with Crippen molar-refractivity contribution in [3.63, 3.8) is 0 Å². The second kappa shape index (κ2) is 12.8. The van der Waals surface area contributed by atoms with E-state index in [0.717, 1.165) is 18.4 Å². The molecule has 1 aliphatic heterocycles. The fourth-order valence-electron chi connectivity index (χ4n) is 4.83. The Bertz CT molecular complexity index is 1530. The summed E-state index contributed by atoms with van der Waals surface area (Å²) in [5.41, 5.74) is 1.01. The molecule has 4 aromatic rings. The average Bonchev–Trinajstić information content (AvgIpc) is 3.46. The molecule has 0 amide bonds. The summed E-state index contributed by atoms with van der Waals surface area (Å²) in [5, 5.41) is 13.6. The minimum atomic E-state index is -4.73. The lowest BCUT2D eigenvalue weighted by molar-refractivity contribution is -0.138. The SMILES string of the molecule is CNC[C@@H]1CCCN(c2c(N=C(P)c3csc(-c4ccnnc4)n3)ccc(Oc3ccccc3Cl)c2C(F)(F)F)C1. The summed E-state index contributed by atoms with van der Waals surface area (Å²) in [5.74, 6) is -0.00649. The van der Waals surface area contributed by atoms with Gasteiger partial charge in [0.25, 0.3) is 0 Å². The quantitative estimate of drug-likeness (QED) is 0.163. The van der Waals surface area contributed by atoms with Crippen LogP contribution in [0.25, 0.3) is 10.6 Å². The van der Waals surface area contributed by atoms with Crippen LogP contribution in [0.5, 0.6) is 11.5 Å². The highest BCUT2D eigenvalue weighted by atomic mass is 35.5. The van der Waals surface area contributed by atoms with Crippen LogP contribution < -0.4 is 15.0 Å². The largest absolute Gasteiger partial charge is 0.455 e. The van der Waals surface area contributed by atoms with Gasteiger partial charge in [0.2, 0.25) is 0 Å². The second-order valence-corrected chi connectivity index (χ2v) is 11.3. The van der Waals surface area contributed by atoms with E-state index in [1.807, 2.05) is 12.4 Å². The van der Waals surface area contributed by atoms with Crippen molar-refractivity contribution in [2.45, 2.75) is 19.0 Å². The number of rotatable bonds is 8. The Morgan fingerprint density at radius 1 is 1.20 bits per heavy atom. The van der Waals surface area contributed by atoms with Crippen LogP contribution in [-0.4, -0.2) is 47.3 Å². The van der Waals surface area contributed by atoms with Gasteiger partial charge in [-0.25, -0.2) is 9.98 Å². The number of piperidine rings is 1. The molecule has 2 aromatic carbocycles. The third-order valence-corrected chi connectivity index (χ3v) is 8.25. The van der Waals surface area contributed by atoms with E-state index in [4.69, 9.17) is 16.3 Å². The van der Waals surface area contributed by atoms with Crippen LogP contribution in [0.15, 0.2) is 65.2 Å². The van der Waals surface area contributed by atoms with Gasteiger partial charge >= 0.3 is 6.18 Å². The molecule has 1 fully saturated rings. The maximum atomic E-state index is 14.9. The van der Waals surface area contributed by atoms with Crippen molar-refractivity contribution in [2.75, 3.05) is 31.6 Å². The number of aromatic nitrogens is 3. The van der Waals surface area contributed by atoms with Gasteiger partial charge in [-0.1, -0.05) is 33.0 Å². The lowest BCUT2D eigenvalue weighted by Crippen LogP contribution is -2.40.